The van der Waals surface area contributed by atoms with E-state index in [1.165, 1.54) is 28.8 Å². The molecule has 1 aliphatic rings. The standard InChI is InChI=1S/C24H19F3N2O2S/c25-24(26,27)18-8-5-9-19(16-18)28-23-29(13-6-14-32-23)22(30)17-7-4-12-21(15-17)31-20-10-2-1-3-11-20/h1-5,7-12,15-16H,6,13-14H2. The van der Waals surface area contributed by atoms with Gasteiger partial charge < -0.3 is 4.74 Å². The quantitative estimate of drug-likeness (QED) is 0.435. The molecular weight excluding hydrogens is 437 g/mol. The van der Waals surface area contributed by atoms with E-state index in [2.05, 4.69) is 4.99 Å². The third-order valence-corrected chi connectivity index (χ3v) is 5.75. The molecule has 3 aromatic carbocycles. The Hall–Kier alpha value is -3.26. The molecule has 0 N–H and O–H groups in total. The van der Waals surface area contributed by atoms with Crippen LogP contribution in [0.4, 0.5) is 18.9 Å². The summed E-state index contributed by atoms with van der Waals surface area (Å²) in [4.78, 5) is 19.1. The Morgan fingerprint density at radius 1 is 0.938 bits per heavy atom. The second-order valence-electron chi connectivity index (χ2n) is 7.04. The molecule has 1 aliphatic heterocycles. The van der Waals surface area contributed by atoms with Crippen LogP contribution in [0.3, 0.4) is 0 Å². The van der Waals surface area contributed by atoms with Gasteiger partial charge in [-0.25, -0.2) is 4.99 Å². The van der Waals surface area contributed by atoms with Gasteiger partial charge in [0, 0.05) is 17.9 Å². The molecule has 0 aliphatic carbocycles. The molecule has 0 atom stereocenters. The number of hydrogen-bond donors (Lipinski definition) is 0. The van der Waals surface area contributed by atoms with Crippen LogP contribution in [0.15, 0.2) is 83.9 Å². The first kappa shape index (κ1) is 22.0. The zero-order valence-corrected chi connectivity index (χ0v) is 17.7. The third kappa shape index (κ3) is 5.31. The van der Waals surface area contributed by atoms with Crippen molar-refractivity contribution in [2.75, 3.05) is 12.3 Å². The Bertz CT molecular complexity index is 1130. The number of thioether (sulfide) groups is 1. The van der Waals surface area contributed by atoms with E-state index in [1.54, 1.807) is 24.3 Å². The van der Waals surface area contributed by atoms with Crippen LogP contribution >= 0.6 is 11.8 Å². The molecule has 1 fully saturated rings. The minimum Gasteiger partial charge on any atom is -0.457 e. The van der Waals surface area contributed by atoms with Gasteiger partial charge in [-0.15, -0.1) is 0 Å². The maximum absolute atomic E-state index is 13.2. The first-order valence-electron chi connectivity index (χ1n) is 9.94. The van der Waals surface area contributed by atoms with Gasteiger partial charge in [0.1, 0.15) is 11.5 Å². The topological polar surface area (TPSA) is 41.9 Å². The molecule has 1 saturated heterocycles. The molecule has 164 valence electrons. The van der Waals surface area contributed by atoms with Crippen LogP contribution in [0.1, 0.15) is 22.3 Å². The van der Waals surface area contributed by atoms with Gasteiger partial charge in [0.05, 0.1) is 11.3 Å². The predicted octanol–water partition coefficient (Wildman–Crippen LogP) is 6.76. The first-order chi connectivity index (χ1) is 15.4. The summed E-state index contributed by atoms with van der Waals surface area (Å²) < 4.78 is 44.9. The summed E-state index contributed by atoms with van der Waals surface area (Å²) in [7, 11) is 0. The van der Waals surface area contributed by atoms with Crippen molar-refractivity contribution in [1.82, 2.24) is 4.90 Å². The van der Waals surface area contributed by atoms with E-state index in [-0.39, 0.29) is 11.6 Å². The van der Waals surface area contributed by atoms with Gasteiger partial charge in [0.15, 0.2) is 5.17 Å². The summed E-state index contributed by atoms with van der Waals surface area (Å²) >= 11 is 1.35. The van der Waals surface area contributed by atoms with Crippen LogP contribution in [0.5, 0.6) is 11.5 Å². The van der Waals surface area contributed by atoms with Gasteiger partial charge in [-0.05, 0) is 55.0 Å². The molecule has 0 bridgehead atoms. The third-order valence-electron chi connectivity index (χ3n) is 4.69. The second-order valence-corrected chi connectivity index (χ2v) is 8.11. The molecule has 1 amide bonds. The van der Waals surface area contributed by atoms with Crippen LogP contribution in [0.25, 0.3) is 0 Å². The van der Waals surface area contributed by atoms with Crippen LogP contribution < -0.4 is 4.74 Å². The largest absolute Gasteiger partial charge is 0.457 e. The van der Waals surface area contributed by atoms with Gasteiger partial charge >= 0.3 is 6.18 Å². The number of para-hydroxylation sites is 1. The fraction of sp³-hybridized carbons (Fsp3) is 0.167. The summed E-state index contributed by atoms with van der Waals surface area (Å²) in [6.45, 7) is 0.438. The number of carbonyl (C=O) groups is 1. The summed E-state index contributed by atoms with van der Waals surface area (Å²) in [5.74, 6) is 1.63. The predicted molar refractivity (Wildman–Crippen MR) is 120 cm³/mol. The van der Waals surface area contributed by atoms with E-state index in [4.69, 9.17) is 4.74 Å². The van der Waals surface area contributed by atoms with Gasteiger partial charge in [-0.3, -0.25) is 9.69 Å². The Balaban J connectivity index is 1.58. The lowest BCUT2D eigenvalue weighted by Crippen LogP contribution is -2.39. The highest BCUT2D eigenvalue weighted by Gasteiger charge is 2.31. The first-order valence-corrected chi connectivity index (χ1v) is 10.9. The van der Waals surface area contributed by atoms with E-state index < -0.39 is 11.7 Å². The number of benzene rings is 3. The number of halogens is 3. The van der Waals surface area contributed by atoms with Crippen LogP contribution in [0.2, 0.25) is 0 Å². The number of hydrogen-bond acceptors (Lipinski definition) is 4. The van der Waals surface area contributed by atoms with E-state index in [9.17, 15) is 18.0 Å². The number of aliphatic imine (C=N–C) groups is 1. The highest BCUT2D eigenvalue weighted by molar-refractivity contribution is 8.13. The van der Waals surface area contributed by atoms with Crippen LogP contribution in [-0.2, 0) is 6.18 Å². The molecule has 1 heterocycles. The van der Waals surface area contributed by atoms with Crippen molar-refractivity contribution >= 4 is 28.5 Å². The van der Waals surface area contributed by atoms with Crippen molar-refractivity contribution in [3.05, 3.63) is 90.0 Å². The number of rotatable bonds is 4. The van der Waals surface area contributed by atoms with Gasteiger partial charge in [-0.2, -0.15) is 13.2 Å². The summed E-state index contributed by atoms with van der Waals surface area (Å²) in [5, 5.41) is 0.384. The molecule has 4 nitrogen and oxygen atoms in total. The summed E-state index contributed by atoms with van der Waals surface area (Å²) in [5.41, 5.74) is -0.204. The van der Waals surface area contributed by atoms with Crippen molar-refractivity contribution in [2.45, 2.75) is 12.6 Å². The van der Waals surface area contributed by atoms with Crippen molar-refractivity contribution in [3.8, 4) is 11.5 Å². The second kappa shape index (κ2) is 9.48. The fourth-order valence-electron chi connectivity index (χ4n) is 3.18. The van der Waals surface area contributed by atoms with Gasteiger partial charge in [-0.1, -0.05) is 42.1 Å². The van der Waals surface area contributed by atoms with Crippen LogP contribution in [0, 0.1) is 0 Å². The zero-order chi connectivity index (χ0) is 22.6. The summed E-state index contributed by atoms with van der Waals surface area (Å²) in [6, 6.07) is 20.8. The lowest BCUT2D eigenvalue weighted by atomic mass is 10.2. The monoisotopic (exact) mass is 456 g/mol. The number of carbonyl (C=O) groups excluding carboxylic acids is 1. The van der Waals surface area contributed by atoms with E-state index >= 15 is 0 Å². The SMILES string of the molecule is O=C(c1cccc(Oc2ccccc2)c1)N1CCCSC1=Nc1cccc(C(F)(F)F)c1. The van der Waals surface area contributed by atoms with Crippen LogP contribution in [-0.4, -0.2) is 28.3 Å². The number of ether oxygens (including phenoxy) is 1. The number of amidine groups is 1. The van der Waals surface area contributed by atoms with E-state index in [0.29, 0.717) is 28.8 Å². The molecule has 0 aromatic heterocycles. The molecule has 32 heavy (non-hydrogen) atoms. The molecular formula is C24H19F3N2O2S. The molecule has 0 saturated carbocycles. The molecule has 8 heteroatoms. The average molecular weight is 456 g/mol. The highest BCUT2D eigenvalue weighted by atomic mass is 32.2. The number of alkyl halides is 3. The molecule has 0 radical (unpaired) electrons. The lowest BCUT2D eigenvalue weighted by molar-refractivity contribution is -0.137. The van der Waals surface area contributed by atoms with E-state index in [1.807, 2.05) is 30.3 Å². The van der Waals surface area contributed by atoms with Crippen molar-refractivity contribution in [3.63, 3.8) is 0 Å². The zero-order valence-electron chi connectivity index (χ0n) is 16.9. The molecule has 4 rings (SSSR count). The van der Waals surface area contributed by atoms with Crippen molar-refractivity contribution < 1.29 is 22.7 Å². The fourth-order valence-corrected chi connectivity index (χ4v) is 4.13. The maximum Gasteiger partial charge on any atom is 0.416 e. The molecule has 0 unspecified atom stereocenters. The Labute approximate surface area is 187 Å². The van der Waals surface area contributed by atoms with Crippen molar-refractivity contribution in [2.24, 2.45) is 4.99 Å². The summed E-state index contributed by atoms with van der Waals surface area (Å²) in [6.07, 6.45) is -3.69. The normalized spacial score (nSPS) is 15.6. The van der Waals surface area contributed by atoms with Gasteiger partial charge in [0.25, 0.3) is 5.91 Å². The van der Waals surface area contributed by atoms with Crippen molar-refractivity contribution in [1.29, 1.82) is 0 Å². The Morgan fingerprint density at radius 3 is 2.47 bits per heavy atom. The average Bonchev–Trinajstić information content (AvgIpc) is 2.79. The number of amides is 1. The highest BCUT2D eigenvalue weighted by Crippen LogP contribution is 2.32. The number of nitrogens with zero attached hydrogens (tertiary/aromatic N) is 2. The molecule has 3 aromatic rings. The Morgan fingerprint density at radius 2 is 1.69 bits per heavy atom. The van der Waals surface area contributed by atoms with Gasteiger partial charge in [0.2, 0.25) is 0 Å². The van der Waals surface area contributed by atoms with E-state index in [0.717, 1.165) is 24.3 Å². The minimum absolute atomic E-state index is 0.156. The maximum atomic E-state index is 13.2. The molecule has 0 spiro atoms. The lowest BCUT2D eigenvalue weighted by Gasteiger charge is -2.28. The Kier molecular flexibility index (Phi) is 6.50. The smallest absolute Gasteiger partial charge is 0.416 e. The minimum atomic E-state index is -4.45.